The van der Waals surface area contributed by atoms with Gasteiger partial charge in [0.15, 0.2) is 5.60 Å². The van der Waals surface area contributed by atoms with Gasteiger partial charge in [-0.25, -0.2) is 0 Å². The normalized spacial score (nSPS) is 34.4. The number of hydrogen-bond donors (Lipinski definition) is 1. The molecule has 0 radical (unpaired) electrons. The van der Waals surface area contributed by atoms with Crippen molar-refractivity contribution in [2.45, 2.75) is 24.6 Å². The Hall–Kier alpha value is -0.820. The summed E-state index contributed by atoms with van der Waals surface area (Å²) >= 11 is 0. The number of hydrogen-bond acceptors (Lipinski definition) is 3. The Bertz CT molecular complexity index is 314. The average molecular weight is 253 g/mol. The van der Waals surface area contributed by atoms with Gasteiger partial charge >= 0.3 is 6.18 Å². The molecule has 98 valence electrons. The van der Waals surface area contributed by atoms with Gasteiger partial charge in [0.25, 0.3) is 0 Å². The van der Waals surface area contributed by atoms with Gasteiger partial charge in [-0.05, 0) is 6.42 Å². The molecular formula is C10H14F3NO3. The third-order valence-electron chi connectivity index (χ3n) is 3.37. The van der Waals surface area contributed by atoms with Gasteiger partial charge in [-0.2, -0.15) is 13.2 Å². The highest BCUT2D eigenvalue weighted by molar-refractivity contribution is 5.79. The quantitative estimate of drug-likeness (QED) is 0.742. The van der Waals surface area contributed by atoms with Crippen molar-refractivity contribution in [1.82, 2.24) is 4.90 Å². The van der Waals surface area contributed by atoms with E-state index in [4.69, 9.17) is 4.74 Å². The molecular weight excluding hydrogens is 239 g/mol. The van der Waals surface area contributed by atoms with E-state index >= 15 is 0 Å². The van der Waals surface area contributed by atoms with Crippen molar-refractivity contribution in [3.8, 4) is 0 Å². The monoisotopic (exact) mass is 253 g/mol. The fraction of sp³-hybridized carbons (Fsp3) is 0.900. The molecule has 2 saturated heterocycles. The maximum atomic E-state index is 12.5. The molecule has 0 bridgehead atoms. The molecule has 1 amide bonds. The molecule has 1 N–H and O–H groups in total. The zero-order valence-corrected chi connectivity index (χ0v) is 9.16. The summed E-state index contributed by atoms with van der Waals surface area (Å²) in [6.45, 7) is 0.0186. The van der Waals surface area contributed by atoms with Crippen LogP contribution in [0.3, 0.4) is 0 Å². The molecule has 4 nitrogen and oxygen atoms in total. The topological polar surface area (TPSA) is 49.8 Å². The van der Waals surface area contributed by atoms with Crippen LogP contribution in [0.4, 0.5) is 13.2 Å². The van der Waals surface area contributed by atoms with Crippen LogP contribution in [0.25, 0.3) is 0 Å². The second kappa shape index (κ2) is 4.13. The summed E-state index contributed by atoms with van der Waals surface area (Å²) in [5, 5.41) is 9.44. The molecule has 2 atom stereocenters. The smallest absolute Gasteiger partial charge is 0.381 e. The number of ether oxygens (including phenoxy) is 1. The van der Waals surface area contributed by atoms with Crippen molar-refractivity contribution in [2.75, 3.05) is 26.3 Å². The van der Waals surface area contributed by atoms with Crippen LogP contribution in [-0.2, 0) is 9.53 Å². The Kier molecular flexibility index (Phi) is 3.07. The summed E-state index contributed by atoms with van der Waals surface area (Å²) in [6.07, 6.45) is -4.59. The van der Waals surface area contributed by atoms with Crippen LogP contribution in [0.1, 0.15) is 12.8 Å². The average Bonchev–Trinajstić information content (AvgIpc) is 2.84. The van der Waals surface area contributed by atoms with Crippen LogP contribution in [0.15, 0.2) is 0 Å². The minimum absolute atomic E-state index is 0.0503. The fourth-order valence-electron chi connectivity index (χ4n) is 2.20. The van der Waals surface area contributed by atoms with E-state index in [1.165, 1.54) is 0 Å². The van der Waals surface area contributed by atoms with E-state index in [-0.39, 0.29) is 25.0 Å². The standard InChI is InChI=1S/C10H14F3NO3/c11-10(12,13)9(16)2-3-14(6-9)8(15)7-1-4-17-5-7/h7,16H,1-6H2/t7-,9-/m1/s1. The zero-order chi connectivity index (χ0) is 12.7. The number of halogens is 3. The van der Waals surface area contributed by atoms with E-state index in [0.717, 1.165) is 4.90 Å². The van der Waals surface area contributed by atoms with Crippen LogP contribution in [0.5, 0.6) is 0 Å². The number of rotatable bonds is 1. The number of aliphatic hydroxyl groups is 1. The van der Waals surface area contributed by atoms with Gasteiger partial charge in [0.1, 0.15) is 0 Å². The lowest BCUT2D eigenvalue weighted by molar-refractivity contribution is -0.253. The minimum atomic E-state index is -4.69. The second-order valence-electron chi connectivity index (χ2n) is 4.60. The van der Waals surface area contributed by atoms with Crippen LogP contribution >= 0.6 is 0 Å². The Balaban J connectivity index is 2.00. The lowest BCUT2D eigenvalue weighted by atomic mass is 10.0. The summed E-state index contributed by atoms with van der Waals surface area (Å²) in [6, 6.07) is 0. The van der Waals surface area contributed by atoms with Crippen molar-refractivity contribution >= 4 is 5.91 Å². The SMILES string of the molecule is O=C([C@@H]1CCOC1)N1CC[C@](O)(C(F)(F)F)C1. The molecule has 0 aromatic carbocycles. The molecule has 2 fully saturated rings. The highest BCUT2D eigenvalue weighted by Gasteiger charge is 2.58. The molecule has 7 heteroatoms. The van der Waals surface area contributed by atoms with Gasteiger partial charge in [0.2, 0.25) is 5.91 Å². The number of alkyl halides is 3. The molecule has 0 saturated carbocycles. The van der Waals surface area contributed by atoms with E-state index in [9.17, 15) is 23.1 Å². The van der Waals surface area contributed by atoms with E-state index < -0.39 is 24.7 Å². The number of nitrogens with zero attached hydrogens (tertiary/aromatic N) is 1. The van der Waals surface area contributed by atoms with Gasteiger partial charge in [-0.3, -0.25) is 4.79 Å². The maximum Gasteiger partial charge on any atom is 0.419 e. The minimum Gasteiger partial charge on any atom is -0.381 e. The molecule has 0 aromatic rings. The van der Waals surface area contributed by atoms with Crippen molar-refractivity contribution in [2.24, 2.45) is 5.92 Å². The molecule has 0 spiro atoms. The first-order valence-corrected chi connectivity index (χ1v) is 5.49. The van der Waals surface area contributed by atoms with E-state index in [0.29, 0.717) is 13.0 Å². The Labute approximate surface area is 96.3 Å². The molecule has 0 aliphatic carbocycles. The van der Waals surface area contributed by atoms with Crippen molar-refractivity contribution in [3.05, 3.63) is 0 Å². The summed E-state index contributed by atoms with van der Waals surface area (Å²) in [7, 11) is 0. The lowest BCUT2D eigenvalue weighted by Crippen LogP contribution is -2.48. The number of carbonyl (C=O) groups excluding carboxylic acids is 1. The molecule has 0 unspecified atom stereocenters. The molecule has 2 rings (SSSR count). The highest BCUT2D eigenvalue weighted by atomic mass is 19.4. The predicted octanol–water partition coefficient (Wildman–Crippen LogP) is 0.549. The van der Waals surface area contributed by atoms with Crippen LogP contribution in [-0.4, -0.2) is 54.0 Å². The Morgan fingerprint density at radius 1 is 1.47 bits per heavy atom. The summed E-state index contributed by atoms with van der Waals surface area (Å²) in [5.41, 5.74) is -2.75. The lowest BCUT2D eigenvalue weighted by Gasteiger charge is -2.26. The largest absolute Gasteiger partial charge is 0.419 e. The van der Waals surface area contributed by atoms with Gasteiger partial charge in [0.05, 0.1) is 19.1 Å². The molecule has 0 aromatic heterocycles. The maximum absolute atomic E-state index is 12.5. The molecule has 17 heavy (non-hydrogen) atoms. The van der Waals surface area contributed by atoms with Crippen molar-refractivity contribution in [3.63, 3.8) is 0 Å². The Morgan fingerprint density at radius 3 is 2.65 bits per heavy atom. The van der Waals surface area contributed by atoms with Crippen LogP contribution in [0, 0.1) is 5.92 Å². The van der Waals surface area contributed by atoms with Crippen molar-refractivity contribution in [1.29, 1.82) is 0 Å². The van der Waals surface area contributed by atoms with Crippen molar-refractivity contribution < 1.29 is 27.8 Å². The van der Waals surface area contributed by atoms with E-state index in [1.54, 1.807) is 0 Å². The number of amides is 1. The Morgan fingerprint density at radius 2 is 2.18 bits per heavy atom. The predicted molar refractivity (Wildman–Crippen MR) is 51.1 cm³/mol. The number of carbonyl (C=O) groups is 1. The summed E-state index contributed by atoms with van der Waals surface area (Å²) < 4.78 is 42.7. The van der Waals surface area contributed by atoms with Gasteiger partial charge in [-0.1, -0.05) is 0 Å². The third-order valence-corrected chi connectivity index (χ3v) is 3.37. The second-order valence-corrected chi connectivity index (χ2v) is 4.60. The first-order valence-electron chi connectivity index (χ1n) is 5.49. The summed E-state index contributed by atoms with van der Waals surface area (Å²) in [4.78, 5) is 12.9. The third kappa shape index (κ3) is 2.26. The van der Waals surface area contributed by atoms with Crippen LogP contribution in [0.2, 0.25) is 0 Å². The number of likely N-dealkylation sites (tertiary alicyclic amines) is 1. The number of β-amino-alcohol motifs (C(OH)–C–C–N with tert-alkyl or cyclic N) is 1. The first-order chi connectivity index (χ1) is 7.83. The molecule has 2 heterocycles. The first kappa shape index (κ1) is 12.6. The van der Waals surface area contributed by atoms with E-state index in [1.807, 2.05) is 0 Å². The van der Waals surface area contributed by atoms with Gasteiger partial charge in [0, 0.05) is 19.6 Å². The molecule has 2 aliphatic heterocycles. The fourth-order valence-corrected chi connectivity index (χ4v) is 2.20. The molecule has 2 aliphatic rings. The van der Waals surface area contributed by atoms with Gasteiger partial charge < -0.3 is 14.7 Å². The zero-order valence-electron chi connectivity index (χ0n) is 9.16. The highest BCUT2D eigenvalue weighted by Crippen LogP contribution is 2.38. The van der Waals surface area contributed by atoms with Gasteiger partial charge in [-0.15, -0.1) is 0 Å². The van der Waals surface area contributed by atoms with Crippen LogP contribution < -0.4 is 0 Å². The summed E-state index contributed by atoms with van der Waals surface area (Å²) in [5.74, 6) is -0.701. The van der Waals surface area contributed by atoms with E-state index in [2.05, 4.69) is 0 Å².